The van der Waals surface area contributed by atoms with Gasteiger partial charge in [0, 0.05) is 31.7 Å². The Morgan fingerprint density at radius 3 is 2.51 bits per heavy atom. The Balaban J connectivity index is 1.37. The van der Waals surface area contributed by atoms with Crippen molar-refractivity contribution in [3.8, 4) is 0 Å². The molecule has 4 heterocycles. The van der Waals surface area contributed by atoms with Crippen LogP contribution in [0.5, 0.6) is 0 Å². The second kappa shape index (κ2) is 9.45. The van der Waals surface area contributed by atoms with Crippen LogP contribution in [0.2, 0.25) is 0 Å². The molecule has 1 aromatic heterocycles. The number of likely N-dealkylation sites (tertiary alicyclic amines) is 1. The zero-order valence-corrected chi connectivity index (χ0v) is 19.8. The van der Waals surface area contributed by atoms with Crippen LogP contribution in [0.1, 0.15) is 47.4 Å². The van der Waals surface area contributed by atoms with E-state index in [4.69, 9.17) is 9.15 Å². The number of benzene rings is 1. The second-order valence-corrected chi connectivity index (χ2v) is 9.75. The molecule has 2 aromatic rings. The fourth-order valence-electron chi connectivity index (χ4n) is 5.58. The molecule has 35 heavy (non-hydrogen) atoms. The number of furan rings is 1. The van der Waals surface area contributed by atoms with Gasteiger partial charge in [0.15, 0.2) is 5.76 Å². The summed E-state index contributed by atoms with van der Waals surface area (Å²) < 4.78 is 24.6. The van der Waals surface area contributed by atoms with Gasteiger partial charge in [-0.1, -0.05) is 12.1 Å². The molecule has 3 saturated heterocycles. The Morgan fingerprint density at radius 2 is 1.89 bits per heavy atom. The number of halogens is 1. The number of carbonyl (C=O) groups is 3. The molecule has 0 radical (unpaired) electrons. The van der Waals surface area contributed by atoms with Gasteiger partial charge < -0.3 is 19.4 Å². The van der Waals surface area contributed by atoms with Gasteiger partial charge in [0.2, 0.25) is 0 Å². The summed E-state index contributed by atoms with van der Waals surface area (Å²) in [6.45, 7) is 3.59. The molecule has 5 rings (SSSR count). The van der Waals surface area contributed by atoms with Crippen LogP contribution in [-0.4, -0.2) is 65.5 Å². The lowest BCUT2D eigenvalue weighted by molar-refractivity contribution is -0.135. The molecule has 3 aliphatic heterocycles. The Hall–Kier alpha value is -3.20. The Labute approximate surface area is 203 Å². The first-order valence-corrected chi connectivity index (χ1v) is 12.2. The number of aryl methyl sites for hydroxylation is 1. The molecule has 2 unspecified atom stereocenters. The summed E-state index contributed by atoms with van der Waals surface area (Å²) in [5.74, 6) is -0.642. The molecule has 1 aromatic carbocycles. The van der Waals surface area contributed by atoms with Gasteiger partial charge in [0.1, 0.15) is 11.4 Å². The van der Waals surface area contributed by atoms with E-state index < -0.39 is 11.6 Å². The largest absolute Gasteiger partial charge is 0.459 e. The summed E-state index contributed by atoms with van der Waals surface area (Å²) in [5.41, 5.74) is 0.403. The topological polar surface area (TPSA) is 92.1 Å². The monoisotopic (exact) mass is 483 g/mol. The van der Waals surface area contributed by atoms with E-state index in [1.165, 1.54) is 23.3 Å². The van der Waals surface area contributed by atoms with E-state index >= 15 is 0 Å². The van der Waals surface area contributed by atoms with E-state index in [9.17, 15) is 18.8 Å². The van der Waals surface area contributed by atoms with Crippen molar-refractivity contribution in [2.45, 2.75) is 50.7 Å². The lowest BCUT2D eigenvalue weighted by Gasteiger charge is -2.41. The maximum absolute atomic E-state index is 13.9. The number of amides is 4. The van der Waals surface area contributed by atoms with Crippen LogP contribution in [-0.2, 0) is 16.0 Å². The number of nitrogens with one attached hydrogen (secondary N) is 1. The van der Waals surface area contributed by atoms with Gasteiger partial charge in [-0.15, -0.1) is 0 Å². The maximum Gasteiger partial charge on any atom is 0.325 e. The summed E-state index contributed by atoms with van der Waals surface area (Å²) in [6, 6.07) is 7.36. The van der Waals surface area contributed by atoms with Gasteiger partial charge in [-0.05, 0) is 62.3 Å². The molecular formula is C26H30FN3O5. The molecule has 9 heteroatoms. The fourth-order valence-corrected chi connectivity index (χ4v) is 5.58. The molecular weight excluding hydrogens is 453 g/mol. The highest BCUT2D eigenvalue weighted by Gasteiger charge is 2.56. The number of ether oxygens (including phenoxy) is 1. The average molecular weight is 484 g/mol. The SMILES string of the molecule is Cc1ccoc1C(=O)N1CCC(C2(Cc3ccc(F)cc3)NC(=O)N(CC3CCCO3)C2=O)CC1. The van der Waals surface area contributed by atoms with Gasteiger partial charge in [0.25, 0.3) is 11.8 Å². The molecule has 3 aliphatic rings. The predicted molar refractivity (Wildman–Crippen MR) is 124 cm³/mol. The summed E-state index contributed by atoms with van der Waals surface area (Å²) in [4.78, 5) is 42.8. The number of piperidine rings is 1. The number of hydrogen-bond acceptors (Lipinski definition) is 5. The molecule has 0 aliphatic carbocycles. The third kappa shape index (κ3) is 4.45. The van der Waals surface area contributed by atoms with E-state index in [-0.39, 0.29) is 42.6 Å². The van der Waals surface area contributed by atoms with Crippen molar-refractivity contribution in [2.24, 2.45) is 5.92 Å². The number of urea groups is 1. The van der Waals surface area contributed by atoms with Crippen molar-refractivity contribution in [1.29, 1.82) is 0 Å². The molecule has 3 fully saturated rings. The fraction of sp³-hybridized carbons (Fsp3) is 0.500. The van der Waals surface area contributed by atoms with Crippen LogP contribution in [0, 0.1) is 18.7 Å². The standard InChI is InChI=1S/C26H30FN3O5/c1-17-10-14-35-22(17)23(31)29-11-8-19(9-12-29)26(15-18-4-6-20(27)7-5-18)24(32)30(25(33)28-26)16-21-3-2-13-34-21/h4-7,10,14,19,21H,2-3,8-9,11-13,15-16H2,1H3,(H,28,33). The number of rotatable bonds is 6. The maximum atomic E-state index is 13.9. The van der Waals surface area contributed by atoms with Crippen LogP contribution in [0.3, 0.4) is 0 Å². The van der Waals surface area contributed by atoms with Gasteiger partial charge >= 0.3 is 6.03 Å². The lowest BCUT2D eigenvalue weighted by atomic mass is 9.74. The number of nitrogens with zero attached hydrogens (tertiary/aromatic N) is 2. The first-order chi connectivity index (χ1) is 16.9. The molecule has 0 bridgehead atoms. The van der Waals surface area contributed by atoms with Crippen molar-refractivity contribution in [2.75, 3.05) is 26.2 Å². The number of imide groups is 1. The molecule has 4 amide bonds. The minimum atomic E-state index is -1.15. The first kappa shape index (κ1) is 23.5. The van der Waals surface area contributed by atoms with Crippen molar-refractivity contribution in [3.05, 3.63) is 59.3 Å². The first-order valence-electron chi connectivity index (χ1n) is 12.2. The normalized spacial score (nSPS) is 25.4. The zero-order valence-electron chi connectivity index (χ0n) is 19.8. The third-order valence-corrected chi connectivity index (χ3v) is 7.54. The van der Waals surface area contributed by atoms with Crippen LogP contribution < -0.4 is 5.32 Å². The predicted octanol–water partition coefficient (Wildman–Crippen LogP) is 3.29. The van der Waals surface area contributed by atoms with E-state index in [1.807, 2.05) is 6.92 Å². The second-order valence-electron chi connectivity index (χ2n) is 9.75. The van der Waals surface area contributed by atoms with Gasteiger partial charge in [0.05, 0.1) is 18.9 Å². The molecule has 2 atom stereocenters. The summed E-state index contributed by atoms with van der Waals surface area (Å²) in [5, 5.41) is 3.02. The van der Waals surface area contributed by atoms with Crippen LogP contribution >= 0.6 is 0 Å². The van der Waals surface area contributed by atoms with Crippen molar-refractivity contribution in [3.63, 3.8) is 0 Å². The minimum Gasteiger partial charge on any atom is -0.459 e. The third-order valence-electron chi connectivity index (χ3n) is 7.54. The van der Waals surface area contributed by atoms with Gasteiger partial charge in [-0.25, -0.2) is 9.18 Å². The molecule has 8 nitrogen and oxygen atoms in total. The number of carbonyl (C=O) groups excluding carboxylic acids is 3. The van der Waals surface area contributed by atoms with Crippen molar-refractivity contribution < 1.29 is 27.9 Å². The molecule has 186 valence electrons. The summed E-state index contributed by atoms with van der Waals surface area (Å²) >= 11 is 0. The number of hydrogen-bond donors (Lipinski definition) is 1. The zero-order chi connectivity index (χ0) is 24.6. The Bertz CT molecular complexity index is 1100. The highest BCUT2D eigenvalue weighted by Crippen LogP contribution is 2.37. The van der Waals surface area contributed by atoms with E-state index in [0.29, 0.717) is 38.3 Å². The van der Waals surface area contributed by atoms with Gasteiger partial charge in [-0.3, -0.25) is 14.5 Å². The lowest BCUT2D eigenvalue weighted by Crippen LogP contribution is -2.58. The molecule has 1 N–H and O–H groups in total. The van der Waals surface area contributed by atoms with E-state index in [0.717, 1.165) is 24.0 Å². The van der Waals surface area contributed by atoms with Crippen LogP contribution in [0.15, 0.2) is 41.0 Å². The van der Waals surface area contributed by atoms with E-state index in [1.54, 1.807) is 23.1 Å². The van der Waals surface area contributed by atoms with Crippen molar-refractivity contribution in [1.82, 2.24) is 15.1 Å². The quantitative estimate of drug-likeness (QED) is 0.637. The molecule has 0 spiro atoms. The van der Waals surface area contributed by atoms with Crippen LogP contribution in [0.4, 0.5) is 9.18 Å². The summed E-state index contributed by atoms with van der Waals surface area (Å²) in [7, 11) is 0. The van der Waals surface area contributed by atoms with Crippen LogP contribution in [0.25, 0.3) is 0 Å². The van der Waals surface area contributed by atoms with E-state index in [2.05, 4.69) is 5.32 Å². The van der Waals surface area contributed by atoms with Crippen molar-refractivity contribution >= 4 is 17.8 Å². The Kier molecular flexibility index (Phi) is 6.35. The average Bonchev–Trinajstić information content (AvgIpc) is 3.58. The minimum absolute atomic E-state index is 0.151. The highest BCUT2D eigenvalue weighted by molar-refractivity contribution is 6.07. The highest BCUT2D eigenvalue weighted by atomic mass is 19.1. The smallest absolute Gasteiger partial charge is 0.325 e. The Morgan fingerprint density at radius 1 is 1.14 bits per heavy atom. The summed E-state index contributed by atoms with van der Waals surface area (Å²) in [6.07, 6.45) is 4.44. The molecule has 0 saturated carbocycles. The van der Waals surface area contributed by atoms with Gasteiger partial charge in [-0.2, -0.15) is 0 Å².